The standard InChI is InChI=1S/C21H31F2NO4S/c22-21(23)6-4-18(5-7-21)29-13-3-1-2-10-27-20-16-28-17(14-19(20)25)15-24-8-11-26-12-9-24/h14,16,18H,1-13,15H2. The average Bonchev–Trinajstić information content (AvgIpc) is 2.70. The minimum atomic E-state index is -2.44. The molecule has 2 heterocycles. The largest absolute Gasteiger partial charge is 0.487 e. The number of thioether (sulfide) groups is 1. The second-order valence-electron chi connectivity index (χ2n) is 7.80. The summed E-state index contributed by atoms with van der Waals surface area (Å²) in [5.41, 5.74) is -0.149. The lowest BCUT2D eigenvalue weighted by molar-refractivity contribution is -0.0323. The van der Waals surface area contributed by atoms with E-state index in [-0.39, 0.29) is 24.0 Å². The van der Waals surface area contributed by atoms with E-state index in [0.717, 1.165) is 38.1 Å². The number of nitrogens with zero attached hydrogens (tertiary/aromatic N) is 1. The highest BCUT2D eigenvalue weighted by molar-refractivity contribution is 7.99. The van der Waals surface area contributed by atoms with E-state index in [1.807, 2.05) is 11.8 Å². The quantitative estimate of drug-likeness (QED) is 0.514. The molecule has 0 aromatic carbocycles. The number of rotatable bonds is 10. The number of alkyl halides is 2. The van der Waals surface area contributed by atoms with E-state index < -0.39 is 5.92 Å². The van der Waals surface area contributed by atoms with Crippen molar-refractivity contribution in [2.24, 2.45) is 0 Å². The maximum Gasteiger partial charge on any atom is 0.248 e. The van der Waals surface area contributed by atoms with Crippen molar-refractivity contribution < 1.29 is 22.7 Å². The number of hydrogen-bond donors (Lipinski definition) is 0. The fraction of sp³-hybridized carbons (Fsp3) is 0.762. The first kappa shape index (κ1) is 22.6. The van der Waals surface area contributed by atoms with Crippen molar-refractivity contribution in [3.05, 3.63) is 28.3 Å². The minimum absolute atomic E-state index is 0.0341. The van der Waals surface area contributed by atoms with Gasteiger partial charge in [-0.25, -0.2) is 8.78 Å². The molecule has 1 aliphatic heterocycles. The van der Waals surface area contributed by atoms with Gasteiger partial charge in [-0.05, 0) is 37.9 Å². The van der Waals surface area contributed by atoms with Crippen LogP contribution in [0.2, 0.25) is 0 Å². The van der Waals surface area contributed by atoms with E-state index in [0.29, 0.717) is 50.2 Å². The van der Waals surface area contributed by atoms with Crippen LogP contribution >= 0.6 is 11.8 Å². The van der Waals surface area contributed by atoms with Gasteiger partial charge in [0.25, 0.3) is 0 Å². The zero-order chi connectivity index (χ0) is 20.5. The molecular formula is C21H31F2NO4S. The molecule has 1 aromatic rings. The Balaban J connectivity index is 1.26. The van der Waals surface area contributed by atoms with Crippen molar-refractivity contribution in [2.45, 2.75) is 62.7 Å². The highest BCUT2D eigenvalue weighted by Crippen LogP contribution is 2.38. The summed E-state index contributed by atoms with van der Waals surface area (Å²) in [7, 11) is 0. The lowest BCUT2D eigenvalue weighted by Gasteiger charge is -2.27. The molecule has 8 heteroatoms. The third-order valence-electron chi connectivity index (χ3n) is 5.40. The topological polar surface area (TPSA) is 51.9 Å². The summed E-state index contributed by atoms with van der Waals surface area (Å²) < 4.78 is 42.7. The van der Waals surface area contributed by atoms with E-state index in [1.54, 1.807) is 0 Å². The maximum atomic E-state index is 13.1. The van der Waals surface area contributed by atoms with Crippen LogP contribution < -0.4 is 10.2 Å². The molecule has 0 bridgehead atoms. The smallest absolute Gasteiger partial charge is 0.248 e. The molecule has 1 saturated carbocycles. The van der Waals surface area contributed by atoms with Gasteiger partial charge in [-0.2, -0.15) is 11.8 Å². The highest BCUT2D eigenvalue weighted by atomic mass is 32.2. The fourth-order valence-electron chi connectivity index (χ4n) is 3.60. The van der Waals surface area contributed by atoms with Crippen LogP contribution in [0.25, 0.3) is 0 Å². The second kappa shape index (κ2) is 11.3. The van der Waals surface area contributed by atoms with E-state index in [1.165, 1.54) is 12.3 Å². The zero-order valence-electron chi connectivity index (χ0n) is 16.9. The molecule has 3 rings (SSSR count). The van der Waals surface area contributed by atoms with Crippen LogP contribution in [0.4, 0.5) is 8.78 Å². The molecule has 0 radical (unpaired) electrons. The van der Waals surface area contributed by atoms with Gasteiger partial charge in [-0.1, -0.05) is 0 Å². The number of morpholine rings is 1. The summed E-state index contributed by atoms with van der Waals surface area (Å²) in [6.07, 6.45) is 5.62. The third-order valence-corrected chi connectivity index (χ3v) is 6.87. The molecule has 2 fully saturated rings. The highest BCUT2D eigenvalue weighted by Gasteiger charge is 2.34. The third kappa shape index (κ3) is 7.90. The van der Waals surface area contributed by atoms with Crippen molar-refractivity contribution in [1.82, 2.24) is 4.90 Å². The summed E-state index contributed by atoms with van der Waals surface area (Å²) in [6, 6.07) is 1.51. The molecule has 29 heavy (non-hydrogen) atoms. The number of hydrogen-bond acceptors (Lipinski definition) is 6. The van der Waals surface area contributed by atoms with Gasteiger partial charge < -0.3 is 13.9 Å². The Kier molecular flexibility index (Phi) is 8.81. The predicted molar refractivity (Wildman–Crippen MR) is 110 cm³/mol. The first-order valence-corrected chi connectivity index (χ1v) is 11.6. The first-order valence-electron chi connectivity index (χ1n) is 10.6. The molecule has 2 aliphatic rings. The second-order valence-corrected chi connectivity index (χ2v) is 9.21. The van der Waals surface area contributed by atoms with Gasteiger partial charge in [0.1, 0.15) is 12.0 Å². The summed E-state index contributed by atoms with van der Waals surface area (Å²) in [5, 5.41) is 0.381. The fourth-order valence-corrected chi connectivity index (χ4v) is 4.87. The number of ether oxygens (including phenoxy) is 2. The number of halogens is 2. The van der Waals surface area contributed by atoms with Crippen molar-refractivity contribution in [3.63, 3.8) is 0 Å². The first-order chi connectivity index (χ1) is 14.0. The Morgan fingerprint density at radius 2 is 1.93 bits per heavy atom. The van der Waals surface area contributed by atoms with E-state index in [4.69, 9.17) is 13.9 Å². The monoisotopic (exact) mass is 431 g/mol. The lowest BCUT2D eigenvalue weighted by atomic mass is 9.96. The van der Waals surface area contributed by atoms with Gasteiger partial charge in [-0.3, -0.25) is 9.69 Å². The summed E-state index contributed by atoms with van der Waals surface area (Å²) in [5.74, 6) is -0.550. The molecular weight excluding hydrogens is 400 g/mol. The Labute approximate surface area is 175 Å². The average molecular weight is 432 g/mol. The molecule has 164 valence electrons. The van der Waals surface area contributed by atoms with Gasteiger partial charge in [0, 0.05) is 37.2 Å². The summed E-state index contributed by atoms with van der Waals surface area (Å²) >= 11 is 1.82. The van der Waals surface area contributed by atoms with E-state index >= 15 is 0 Å². The number of unbranched alkanes of at least 4 members (excludes halogenated alkanes) is 2. The van der Waals surface area contributed by atoms with E-state index in [2.05, 4.69) is 4.90 Å². The summed E-state index contributed by atoms with van der Waals surface area (Å²) in [6.45, 7) is 4.19. The normalized spacial score (nSPS) is 20.6. The Hall–Kier alpha value is -1.12. The molecule has 0 spiro atoms. The van der Waals surface area contributed by atoms with Gasteiger partial charge in [0.2, 0.25) is 17.1 Å². The van der Waals surface area contributed by atoms with Gasteiger partial charge in [-0.15, -0.1) is 0 Å². The summed E-state index contributed by atoms with van der Waals surface area (Å²) in [4.78, 5) is 14.4. The molecule has 1 saturated heterocycles. The molecule has 1 aromatic heterocycles. The Morgan fingerprint density at radius 3 is 2.66 bits per heavy atom. The van der Waals surface area contributed by atoms with Crippen molar-refractivity contribution in [1.29, 1.82) is 0 Å². The van der Waals surface area contributed by atoms with Crippen LogP contribution in [0.15, 0.2) is 21.5 Å². The molecule has 0 N–H and O–H groups in total. The lowest BCUT2D eigenvalue weighted by Crippen LogP contribution is -2.35. The van der Waals surface area contributed by atoms with Gasteiger partial charge in [0.15, 0.2) is 0 Å². The van der Waals surface area contributed by atoms with Crippen molar-refractivity contribution in [3.8, 4) is 5.75 Å². The Morgan fingerprint density at radius 1 is 1.17 bits per heavy atom. The minimum Gasteiger partial charge on any atom is -0.487 e. The SMILES string of the molecule is O=c1cc(CN2CCOCC2)occ1OCCCCCSC1CCC(F)(F)CC1. The van der Waals surface area contributed by atoms with Gasteiger partial charge in [0.05, 0.1) is 26.4 Å². The van der Waals surface area contributed by atoms with Crippen LogP contribution in [0.5, 0.6) is 5.75 Å². The molecule has 0 unspecified atom stereocenters. The molecule has 0 atom stereocenters. The molecule has 5 nitrogen and oxygen atoms in total. The van der Waals surface area contributed by atoms with Crippen molar-refractivity contribution >= 4 is 11.8 Å². The van der Waals surface area contributed by atoms with Crippen LogP contribution in [0, 0.1) is 0 Å². The van der Waals surface area contributed by atoms with Crippen LogP contribution in [0.1, 0.15) is 50.7 Å². The van der Waals surface area contributed by atoms with E-state index in [9.17, 15) is 13.6 Å². The van der Waals surface area contributed by atoms with Crippen LogP contribution in [-0.2, 0) is 11.3 Å². The Bertz CT molecular complexity index is 669. The molecule has 1 aliphatic carbocycles. The van der Waals surface area contributed by atoms with Gasteiger partial charge >= 0.3 is 0 Å². The zero-order valence-corrected chi connectivity index (χ0v) is 17.7. The predicted octanol–water partition coefficient (Wildman–Crippen LogP) is 4.33. The van der Waals surface area contributed by atoms with Crippen molar-refractivity contribution in [2.75, 3.05) is 38.7 Å². The maximum absolute atomic E-state index is 13.1. The van der Waals surface area contributed by atoms with Crippen LogP contribution in [-0.4, -0.2) is 54.7 Å². The van der Waals surface area contributed by atoms with Crippen LogP contribution in [0.3, 0.4) is 0 Å². The molecule has 0 amide bonds.